The van der Waals surface area contributed by atoms with Crippen LogP contribution in [0.15, 0.2) is 45.5 Å². The Kier molecular flexibility index (Phi) is 4.21. The first-order chi connectivity index (χ1) is 10.2. The molecule has 0 fully saturated rings. The Labute approximate surface area is 133 Å². The number of benzene rings is 1. The molecule has 0 unspecified atom stereocenters. The summed E-state index contributed by atoms with van der Waals surface area (Å²) in [5, 5.41) is 12.7. The van der Waals surface area contributed by atoms with E-state index in [-0.39, 0.29) is 0 Å². The predicted octanol–water partition coefficient (Wildman–Crippen LogP) is 3.43. The molecular formula is C13H10BrClN4O2. The summed E-state index contributed by atoms with van der Waals surface area (Å²) in [7, 11) is 0. The number of ether oxygens (including phenoxy) is 1. The third-order valence-corrected chi connectivity index (χ3v) is 3.37. The molecule has 3 rings (SSSR count). The monoisotopic (exact) mass is 368 g/mol. The second-order valence-electron chi connectivity index (χ2n) is 4.09. The maximum Gasteiger partial charge on any atom is 0.240 e. The van der Waals surface area contributed by atoms with Crippen molar-refractivity contribution < 1.29 is 9.15 Å². The zero-order valence-corrected chi connectivity index (χ0v) is 13.1. The quantitative estimate of drug-likeness (QED) is 0.689. The fourth-order valence-corrected chi connectivity index (χ4v) is 2.17. The minimum absolute atomic E-state index is 0.390. The summed E-state index contributed by atoms with van der Waals surface area (Å²) in [6.07, 6.45) is 0. The highest BCUT2D eigenvalue weighted by molar-refractivity contribution is 9.10. The molecule has 3 aromatic rings. The van der Waals surface area contributed by atoms with Crippen molar-refractivity contribution in [3.05, 3.63) is 46.1 Å². The van der Waals surface area contributed by atoms with Gasteiger partial charge in [0.05, 0.1) is 11.6 Å². The van der Waals surface area contributed by atoms with Gasteiger partial charge < -0.3 is 9.15 Å². The Balaban J connectivity index is 1.59. The second-order valence-corrected chi connectivity index (χ2v) is 5.28. The van der Waals surface area contributed by atoms with E-state index in [9.17, 15) is 0 Å². The number of rotatable bonds is 5. The largest absolute Gasteiger partial charge is 0.490 e. The molecule has 0 radical (unpaired) electrons. The van der Waals surface area contributed by atoms with Gasteiger partial charge in [-0.3, -0.25) is 0 Å². The van der Waals surface area contributed by atoms with E-state index in [1.807, 2.05) is 18.2 Å². The molecule has 0 saturated heterocycles. The normalized spacial score (nSPS) is 10.8. The Bertz CT molecular complexity index is 743. The molecule has 21 heavy (non-hydrogen) atoms. The lowest BCUT2D eigenvalue weighted by atomic mass is 10.3. The molecule has 8 heteroatoms. The van der Waals surface area contributed by atoms with Crippen molar-refractivity contribution in [3.63, 3.8) is 0 Å². The van der Waals surface area contributed by atoms with Crippen LogP contribution in [0.3, 0.4) is 0 Å². The minimum atomic E-state index is 0.390. The number of halogens is 2. The lowest BCUT2D eigenvalue weighted by Gasteiger charge is -2.06. The molecule has 0 bridgehead atoms. The van der Waals surface area contributed by atoms with E-state index in [0.717, 1.165) is 0 Å². The summed E-state index contributed by atoms with van der Waals surface area (Å²) in [5.74, 6) is 1.62. The summed E-state index contributed by atoms with van der Waals surface area (Å²) >= 11 is 9.23. The number of hydrogen-bond acceptors (Lipinski definition) is 5. The Morgan fingerprint density at radius 2 is 2.10 bits per heavy atom. The molecule has 1 aromatic carbocycles. The van der Waals surface area contributed by atoms with Gasteiger partial charge in [-0.05, 0) is 45.4 Å². The zero-order chi connectivity index (χ0) is 14.7. The molecule has 0 saturated carbocycles. The van der Waals surface area contributed by atoms with E-state index in [1.54, 1.807) is 18.2 Å². The van der Waals surface area contributed by atoms with Gasteiger partial charge in [-0.15, -0.1) is 10.2 Å². The molecule has 2 aromatic heterocycles. The Morgan fingerprint density at radius 3 is 2.86 bits per heavy atom. The molecule has 0 aliphatic rings. The minimum Gasteiger partial charge on any atom is -0.490 e. The van der Waals surface area contributed by atoms with E-state index < -0.39 is 0 Å². The molecule has 2 heterocycles. The van der Waals surface area contributed by atoms with Gasteiger partial charge in [-0.25, -0.2) is 0 Å². The summed E-state index contributed by atoms with van der Waals surface area (Å²) in [6, 6.07) is 10.8. The first-order valence-corrected chi connectivity index (χ1v) is 7.30. The average Bonchev–Trinajstić information content (AvgIpc) is 3.10. The number of aromatic nitrogens is 4. The molecule has 0 spiro atoms. The van der Waals surface area contributed by atoms with Crippen molar-refractivity contribution in [1.29, 1.82) is 0 Å². The van der Waals surface area contributed by atoms with Crippen LogP contribution >= 0.6 is 27.5 Å². The topological polar surface area (TPSA) is 66.0 Å². The van der Waals surface area contributed by atoms with Crippen LogP contribution in [0.25, 0.3) is 11.6 Å². The van der Waals surface area contributed by atoms with Gasteiger partial charge in [0.2, 0.25) is 5.82 Å². The number of para-hydroxylation sites is 1. The molecule has 0 atom stereocenters. The molecule has 6 nitrogen and oxygen atoms in total. The first-order valence-electron chi connectivity index (χ1n) is 6.13. The van der Waals surface area contributed by atoms with Crippen LogP contribution in [0.1, 0.15) is 0 Å². The summed E-state index contributed by atoms with van der Waals surface area (Å²) in [6.45, 7) is 0.849. The van der Waals surface area contributed by atoms with Gasteiger partial charge in [-0.1, -0.05) is 23.7 Å². The maximum atomic E-state index is 6.00. The average molecular weight is 370 g/mol. The van der Waals surface area contributed by atoms with E-state index in [2.05, 4.69) is 31.3 Å². The smallest absolute Gasteiger partial charge is 0.240 e. The molecule has 0 aliphatic heterocycles. The third-order valence-electron chi connectivity index (χ3n) is 2.63. The number of nitrogens with zero attached hydrogens (tertiary/aromatic N) is 4. The lowest BCUT2D eigenvalue weighted by molar-refractivity contribution is 0.280. The van der Waals surface area contributed by atoms with Gasteiger partial charge in [0, 0.05) is 0 Å². The maximum absolute atomic E-state index is 6.00. The van der Waals surface area contributed by atoms with Crippen LogP contribution in [0.2, 0.25) is 5.02 Å². The molecule has 0 N–H and O–H groups in total. The van der Waals surface area contributed by atoms with Crippen LogP contribution < -0.4 is 4.74 Å². The van der Waals surface area contributed by atoms with Gasteiger partial charge >= 0.3 is 0 Å². The highest BCUT2D eigenvalue weighted by Gasteiger charge is 2.10. The number of tetrazole rings is 1. The number of furan rings is 1. The highest BCUT2D eigenvalue weighted by Crippen LogP contribution is 2.23. The fraction of sp³-hybridized carbons (Fsp3) is 0.154. The van der Waals surface area contributed by atoms with Crippen molar-refractivity contribution >= 4 is 27.5 Å². The molecule has 0 aliphatic carbocycles. The van der Waals surface area contributed by atoms with Crippen molar-refractivity contribution in [3.8, 4) is 17.3 Å². The van der Waals surface area contributed by atoms with Crippen LogP contribution in [-0.4, -0.2) is 26.8 Å². The third kappa shape index (κ3) is 3.43. The highest BCUT2D eigenvalue weighted by atomic mass is 79.9. The molecule has 108 valence electrons. The van der Waals surface area contributed by atoms with E-state index in [1.165, 1.54) is 4.80 Å². The standard InChI is InChI=1S/C13H10BrClN4O2/c14-12-6-5-11(21-12)13-16-18-19(17-13)7-8-20-10-4-2-1-3-9(10)15/h1-6H,7-8H2. The van der Waals surface area contributed by atoms with Gasteiger partial charge in [-0.2, -0.15) is 4.80 Å². The van der Waals surface area contributed by atoms with E-state index in [4.69, 9.17) is 20.8 Å². The SMILES string of the molecule is Clc1ccccc1OCCn1nnc(-c2ccc(Br)o2)n1. The Hall–Kier alpha value is -1.86. The van der Waals surface area contributed by atoms with Crippen molar-refractivity contribution in [2.75, 3.05) is 6.61 Å². The summed E-state index contributed by atoms with van der Waals surface area (Å²) < 4.78 is 11.6. The van der Waals surface area contributed by atoms with Crippen LogP contribution in [0, 0.1) is 0 Å². The van der Waals surface area contributed by atoms with Gasteiger partial charge in [0.25, 0.3) is 0 Å². The van der Waals surface area contributed by atoms with Crippen LogP contribution in [0.4, 0.5) is 0 Å². The summed E-state index contributed by atoms with van der Waals surface area (Å²) in [5.41, 5.74) is 0. The molecular weight excluding hydrogens is 360 g/mol. The first kappa shape index (κ1) is 14.1. The second kappa shape index (κ2) is 6.28. The lowest BCUT2D eigenvalue weighted by Crippen LogP contribution is -2.11. The fourth-order valence-electron chi connectivity index (χ4n) is 1.67. The van der Waals surface area contributed by atoms with Gasteiger partial charge in [0.15, 0.2) is 10.4 Å². The van der Waals surface area contributed by atoms with Crippen molar-refractivity contribution in [2.24, 2.45) is 0 Å². The number of hydrogen-bond donors (Lipinski definition) is 0. The summed E-state index contributed by atoms with van der Waals surface area (Å²) in [4.78, 5) is 1.45. The zero-order valence-electron chi connectivity index (χ0n) is 10.7. The Morgan fingerprint density at radius 1 is 1.24 bits per heavy atom. The van der Waals surface area contributed by atoms with Crippen molar-refractivity contribution in [2.45, 2.75) is 6.54 Å². The van der Waals surface area contributed by atoms with Crippen LogP contribution in [0.5, 0.6) is 5.75 Å². The molecule has 0 amide bonds. The van der Waals surface area contributed by atoms with E-state index in [0.29, 0.717) is 40.2 Å². The van der Waals surface area contributed by atoms with Crippen LogP contribution in [-0.2, 0) is 6.54 Å². The van der Waals surface area contributed by atoms with Gasteiger partial charge in [0.1, 0.15) is 12.4 Å². The van der Waals surface area contributed by atoms with E-state index >= 15 is 0 Å². The predicted molar refractivity (Wildman–Crippen MR) is 80.2 cm³/mol. The van der Waals surface area contributed by atoms with Crippen molar-refractivity contribution in [1.82, 2.24) is 20.2 Å².